The maximum absolute atomic E-state index is 12.4. The largest absolute Gasteiger partial charge is 0.322 e. The summed E-state index contributed by atoms with van der Waals surface area (Å²) in [6.45, 7) is 0. The third kappa shape index (κ3) is 3.96. The first-order valence-electron chi connectivity index (χ1n) is 8.81. The molecule has 1 N–H and O–H groups in total. The third-order valence-electron chi connectivity index (χ3n) is 4.53. The lowest BCUT2D eigenvalue weighted by molar-refractivity contribution is 0.102. The molecule has 0 unspecified atom stereocenters. The fourth-order valence-corrected chi connectivity index (χ4v) is 4.37. The highest BCUT2D eigenvalue weighted by molar-refractivity contribution is 8.00. The van der Waals surface area contributed by atoms with Gasteiger partial charge in [0.1, 0.15) is 12.7 Å². The zero-order valence-electron chi connectivity index (χ0n) is 14.3. The number of carbonyl (C=O) groups is 1. The van der Waals surface area contributed by atoms with Crippen LogP contribution in [-0.4, -0.2) is 25.9 Å². The maximum atomic E-state index is 12.4. The molecule has 0 spiro atoms. The highest BCUT2D eigenvalue weighted by atomic mass is 32.2. The molecule has 1 heterocycles. The topological polar surface area (TPSA) is 59.8 Å². The van der Waals surface area contributed by atoms with Crippen LogP contribution in [0.15, 0.2) is 66.1 Å². The summed E-state index contributed by atoms with van der Waals surface area (Å²) in [6, 6.07) is 15.4. The Morgan fingerprint density at radius 1 is 1.04 bits per heavy atom. The Morgan fingerprint density at radius 2 is 1.77 bits per heavy atom. The van der Waals surface area contributed by atoms with E-state index in [1.807, 2.05) is 36.0 Å². The molecule has 1 aromatic heterocycles. The lowest BCUT2D eigenvalue weighted by atomic mass is 10.2. The van der Waals surface area contributed by atoms with Crippen molar-refractivity contribution in [2.45, 2.75) is 35.8 Å². The predicted octanol–water partition coefficient (Wildman–Crippen LogP) is 4.55. The molecule has 0 bridgehead atoms. The van der Waals surface area contributed by atoms with Gasteiger partial charge in [0.2, 0.25) is 0 Å². The van der Waals surface area contributed by atoms with Gasteiger partial charge >= 0.3 is 0 Å². The van der Waals surface area contributed by atoms with Crippen molar-refractivity contribution < 1.29 is 4.79 Å². The number of rotatable bonds is 5. The standard InChI is InChI=1S/C20H20N4OS/c25-20(15-5-9-17(10-6-15)24-14-21-13-22-24)23-16-7-11-19(12-8-16)26-18-3-1-2-4-18/h5-14,18H,1-4H2,(H,23,25). The van der Waals surface area contributed by atoms with Gasteiger partial charge in [-0.05, 0) is 61.4 Å². The Kier molecular flexibility index (Phi) is 5.02. The molecule has 4 rings (SSSR count). The van der Waals surface area contributed by atoms with Crippen molar-refractivity contribution in [2.75, 3.05) is 5.32 Å². The number of hydrogen-bond acceptors (Lipinski definition) is 4. The summed E-state index contributed by atoms with van der Waals surface area (Å²) < 4.78 is 1.66. The molecule has 5 nitrogen and oxygen atoms in total. The maximum Gasteiger partial charge on any atom is 0.255 e. The lowest BCUT2D eigenvalue weighted by Crippen LogP contribution is -2.11. The fraction of sp³-hybridized carbons (Fsp3) is 0.250. The Bertz CT molecular complexity index is 854. The molecule has 0 radical (unpaired) electrons. The van der Waals surface area contributed by atoms with Crippen molar-refractivity contribution in [1.29, 1.82) is 0 Å². The van der Waals surface area contributed by atoms with E-state index in [1.165, 1.54) is 36.9 Å². The lowest BCUT2D eigenvalue weighted by Gasteiger charge is -2.10. The van der Waals surface area contributed by atoms with Crippen molar-refractivity contribution in [1.82, 2.24) is 14.8 Å². The minimum absolute atomic E-state index is 0.119. The van der Waals surface area contributed by atoms with Crippen molar-refractivity contribution in [2.24, 2.45) is 0 Å². The van der Waals surface area contributed by atoms with E-state index in [0.717, 1.165) is 16.6 Å². The van der Waals surface area contributed by atoms with Crippen molar-refractivity contribution >= 4 is 23.4 Å². The van der Waals surface area contributed by atoms with Gasteiger partial charge in [-0.1, -0.05) is 12.8 Å². The summed E-state index contributed by atoms with van der Waals surface area (Å²) in [7, 11) is 0. The average Bonchev–Trinajstić information content (AvgIpc) is 3.37. The van der Waals surface area contributed by atoms with Crippen LogP contribution in [0.3, 0.4) is 0 Å². The van der Waals surface area contributed by atoms with Crippen molar-refractivity contribution in [3.05, 3.63) is 66.7 Å². The van der Waals surface area contributed by atoms with Crippen LogP contribution >= 0.6 is 11.8 Å². The van der Waals surface area contributed by atoms with Gasteiger partial charge in [0.05, 0.1) is 5.69 Å². The summed E-state index contributed by atoms with van der Waals surface area (Å²) in [5, 5.41) is 7.78. The van der Waals surface area contributed by atoms with Crippen molar-refractivity contribution in [3.63, 3.8) is 0 Å². The van der Waals surface area contributed by atoms with Crippen LogP contribution in [0.1, 0.15) is 36.0 Å². The molecule has 26 heavy (non-hydrogen) atoms. The molecular formula is C20H20N4OS. The predicted molar refractivity (Wildman–Crippen MR) is 104 cm³/mol. The molecule has 0 atom stereocenters. The number of thioether (sulfide) groups is 1. The number of aromatic nitrogens is 3. The van der Waals surface area contributed by atoms with Crippen LogP contribution in [0, 0.1) is 0 Å². The van der Waals surface area contributed by atoms with E-state index < -0.39 is 0 Å². The third-order valence-corrected chi connectivity index (χ3v) is 5.88. The first kappa shape index (κ1) is 16.8. The van der Waals surface area contributed by atoms with Gasteiger partial charge in [0.25, 0.3) is 5.91 Å². The quantitative estimate of drug-likeness (QED) is 0.721. The van der Waals surface area contributed by atoms with Gasteiger partial charge in [-0.25, -0.2) is 9.67 Å². The summed E-state index contributed by atoms with van der Waals surface area (Å²) >= 11 is 1.95. The molecule has 132 valence electrons. The van der Waals surface area contributed by atoms with E-state index in [2.05, 4.69) is 27.5 Å². The van der Waals surface area contributed by atoms with E-state index in [1.54, 1.807) is 23.1 Å². The van der Waals surface area contributed by atoms with Gasteiger partial charge in [-0.2, -0.15) is 5.10 Å². The van der Waals surface area contributed by atoms with Gasteiger partial charge in [0.15, 0.2) is 0 Å². The van der Waals surface area contributed by atoms with E-state index in [4.69, 9.17) is 0 Å². The SMILES string of the molecule is O=C(Nc1ccc(SC2CCCC2)cc1)c1ccc(-n2cncn2)cc1. The van der Waals surface area contributed by atoms with Crippen LogP contribution in [0.5, 0.6) is 0 Å². The summed E-state index contributed by atoms with van der Waals surface area (Å²) in [4.78, 5) is 17.6. The van der Waals surface area contributed by atoms with E-state index in [9.17, 15) is 4.79 Å². The monoisotopic (exact) mass is 364 g/mol. The zero-order valence-corrected chi connectivity index (χ0v) is 15.2. The Morgan fingerprint density at radius 3 is 2.42 bits per heavy atom. The highest BCUT2D eigenvalue weighted by Gasteiger charge is 2.16. The smallest absolute Gasteiger partial charge is 0.255 e. The van der Waals surface area contributed by atoms with Crippen LogP contribution < -0.4 is 5.32 Å². The summed E-state index contributed by atoms with van der Waals surface area (Å²) in [5.74, 6) is -0.119. The zero-order chi connectivity index (χ0) is 17.8. The minimum atomic E-state index is -0.119. The number of carbonyl (C=O) groups excluding carboxylic acids is 1. The summed E-state index contributed by atoms with van der Waals surface area (Å²) in [6.07, 6.45) is 8.43. The molecule has 1 fully saturated rings. The number of amides is 1. The molecule has 0 aliphatic heterocycles. The normalized spacial score (nSPS) is 14.5. The first-order chi connectivity index (χ1) is 12.8. The number of anilines is 1. The molecule has 1 amide bonds. The second-order valence-electron chi connectivity index (χ2n) is 6.39. The van der Waals surface area contributed by atoms with Crippen LogP contribution in [0.25, 0.3) is 5.69 Å². The first-order valence-corrected chi connectivity index (χ1v) is 9.69. The molecule has 1 aliphatic rings. The molecule has 6 heteroatoms. The van der Waals surface area contributed by atoms with Gasteiger partial charge in [0, 0.05) is 21.4 Å². The molecular weight excluding hydrogens is 344 g/mol. The molecule has 1 saturated carbocycles. The van der Waals surface area contributed by atoms with Crippen LogP contribution in [0.4, 0.5) is 5.69 Å². The second kappa shape index (κ2) is 7.74. The molecule has 3 aromatic rings. The van der Waals surface area contributed by atoms with Crippen LogP contribution in [-0.2, 0) is 0 Å². The van der Waals surface area contributed by atoms with E-state index >= 15 is 0 Å². The highest BCUT2D eigenvalue weighted by Crippen LogP contribution is 2.34. The molecule has 1 aliphatic carbocycles. The molecule has 2 aromatic carbocycles. The average molecular weight is 364 g/mol. The fourth-order valence-electron chi connectivity index (χ4n) is 3.13. The van der Waals surface area contributed by atoms with Crippen LogP contribution in [0.2, 0.25) is 0 Å². The number of nitrogens with one attached hydrogen (secondary N) is 1. The number of hydrogen-bond donors (Lipinski definition) is 1. The second-order valence-corrected chi connectivity index (χ2v) is 7.76. The Labute approximate surface area is 156 Å². The van der Waals surface area contributed by atoms with Gasteiger partial charge < -0.3 is 5.32 Å². The Balaban J connectivity index is 1.38. The summed E-state index contributed by atoms with van der Waals surface area (Å²) in [5.41, 5.74) is 2.29. The van der Waals surface area contributed by atoms with Gasteiger partial charge in [-0.3, -0.25) is 4.79 Å². The minimum Gasteiger partial charge on any atom is -0.322 e. The Hall–Kier alpha value is -2.60. The van der Waals surface area contributed by atoms with Crippen molar-refractivity contribution in [3.8, 4) is 5.69 Å². The molecule has 0 saturated heterocycles. The number of benzene rings is 2. The van der Waals surface area contributed by atoms with E-state index in [0.29, 0.717) is 5.56 Å². The van der Waals surface area contributed by atoms with E-state index in [-0.39, 0.29) is 5.91 Å². The van der Waals surface area contributed by atoms with Gasteiger partial charge in [-0.15, -0.1) is 11.8 Å². The number of nitrogens with zero attached hydrogens (tertiary/aromatic N) is 3.